The van der Waals surface area contributed by atoms with E-state index < -0.39 is 5.54 Å². The molecule has 0 radical (unpaired) electrons. The number of hydrogen-bond acceptors (Lipinski definition) is 4. The number of carbonyl (C=O) groups is 1. The summed E-state index contributed by atoms with van der Waals surface area (Å²) >= 11 is 0. The first-order valence-electron chi connectivity index (χ1n) is 9.44. The zero-order chi connectivity index (χ0) is 17.7. The number of fused-ring (bicyclic) bond motifs is 1. The van der Waals surface area contributed by atoms with Gasteiger partial charge in [-0.1, -0.05) is 24.3 Å². The summed E-state index contributed by atoms with van der Waals surface area (Å²) in [7, 11) is 4.04. The van der Waals surface area contributed by atoms with Gasteiger partial charge in [0.25, 0.3) is 0 Å². The number of ether oxygens (including phenoxy) is 1. The lowest BCUT2D eigenvalue weighted by molar-refractivity contribution is -0.131. The smallest absolute Gasteiger partial charge is 0.241 e. The maximum Gasteiger partial charge on any atom is 0.241 e. The molecule has 0 unspecified atom stereocenters. The molecule has 1 saturated heterocycles. The molecule has 5 nitrogen and oxygen atoms in total. The Balaban J connectivity index is 1.46. The summed E-state index contributed by atoms with van der Waals surface area (Å²) in [5, 5.41) is 3.20. The van der Waals surface area contributed by atoms with Crippen molar-refractivity contribution in [1.82, 2.24) is 15.1 Å². The predicted octanol–water partition coefficient (Wildman–Crippen LogP) is 1.31. The van der Waals surface area contributed by atoms with E-state index in [-0.39, 0.29) is 5.91 Å². The van der Waals surface area contributed by atoms with E-state index >= 15 is 0 Å². The third-order valence-electron chi connectivity index (χ3n) is 5.65. The van der Waals surface area contributed by atoms with Crippen LogP contribution in [0.15, 0.2) is 24.3 Å². The Kier molecular flexibility index (Phi) is 6.10. The standard InChI is InChI=1S/C20H31N3O2/c1-22(2)20(15-17-7-3-4-8-18(17)16-20)19(24)21-9-5-6-10-23-11-13-25-14-12-23/h3-4,7-8H,5-6,9-16H2,1-2H3,(H,21,24). The van der Waals surface area contributed by atoms with Crippen molar-refractivity contribution in [3.05, 3.63) is 35.4 Å². The molecule has 138 valence electrons. The van der Waals surface area contributed by atoms with E-state index in [2.05, 4.69) is 39.4 Å². The molecule has 1 amide bonds. The number of morpholine rings is 1. The topological polar surface area (TPSA) is 44.8 Å². The van der Waals surface area contributed by atoms with E-state index in [0.717, 1.165) is 65.1 Å². The minimum absolute atomic E-state index is 0.167. The van der Waals surface area contributed by atoms with Gasteiger partial charge >= 0.3 is 0 Å². The molecule has 0 aromatic heterocycles. The van der Waals surface area contributed by atoms with Crippen molar-refractivity contribution >= 4 is 5.91 Å². The molecular weight excluding hydrogens is 314 g/mol. The summed E-state index contributed by atoms with van der Waals surface area (Å²) in [6, 6.07) is 8.43. The normalized spacial score (nSPS) is 19.8. The summed E-state index contributed by atoms with van der Waals surface area (Å²) < 4.78 is 5.37. The molecule has 1 aromatic carbocycles. The van der Waals surface area contributed by atoms with Gasteiger partial charge in [-0.05, 0) is 44.6 Å². The van der Waals surface area contributed by atoms with Crippen molar-refractivity contribution in [2.45, 2.75) is 31.2 Å². The van der Waals surface area contributed by atoms with Gasteiger partial charge in [-0.2, -0.15) is 0 Å². The largest absolute Gasteiger partial charge is 0.379 e. The van der Waals surface area contributed by atoms with Gasteiger partial charge in [0.15, 0.2) is 0 Å². The van der Waals surface area contributed by atoms with Crippen LogP contribution in [0.3, 0.4) is 0 Å². The molecule has 3 rings (SSSR count). The second-order valence-corrected chi connectivity index (χ2v) is 7.47. The lowest BCUT2D eigenvalue weighted by atomic mass is 9.93. The fourth-order valence-electron chi connectivity index (χ4n) is 3.93. The van der Waals surface area contributed by atoms with E-state index in [1.54, 1.807) is 0 Å². The summed E-state index contributed by atoms with van der Waals surface area (Å²) in [5.74, 6) is 0.167. The maximum absolute atomic E-state index is 13.0. The van der Waals surface area contributed by atoms with Crippen LogP contribution in [0.2, 0.25) is 0 Å². The highest BCUT2D eigenvalue weighted by atomic mass is 16.5. The van der Waals surface area contributed by atoms with Crippen LogP contribution in [-0.2, 0) is 22.4 Å². The molecule has 1 aliphatic heterocycles. The van der Waals surface area contributed by atoms with E-state index in [0.29, 0.717) is 0 Å². The first kappa shape index (κ1) is 18.4. The monoisotopic (exact) mass is 345 g/mol. The fraction of sp³-hybridized carbons (Fsp3) is 0.650. The van der Waals surface area contributed by atoms with Gasteiger partial charge in [-0.3, -0.25) is 14.6 Å². The zero-order valence-corrected chi connectivity index (χ0v) is 15.6. The molecule has 1 N–H and O–H groups in total. The van der Waals surface area contributed by atoms with Crippen LogP contribution in [0.25, 0.3) is 0 Å². The predicted molar refractivity (Wildman–Crippen MR) is 99.8 cm³/mol. The minimum Gasteiger partial charge on any atom is -0.379 e. The Morgan fingerprint density at radius 3 is 2.40 bits per heavy atom. The highest BCUT2D eigenvalue weighted by molar-refractivity contribution is 5.88. The number of amides is 1. The highest BCUT2D eigenvalue weighted by Crippen LogP contribution is 2.33. The Morgan fingerprint density at radius 1 is 1.16 bits per heavy atom. The maximum atomic E-state index is 13.0. The SMILES string of the molecule is CN(C)C1(C(=O)NCCCCN2CCOCC2)Cc2ccccc2C1. The van der Waals surface area contributed by atoms with Crippen LogP contribution in [0.4, 0.5) is 0 Å². The summed E-state index contributed by atoms with van der Waals surface area (Å²) in [4.78, 5) is 17.5. The summed E-state index contributed by atoms with van der Waals surface area (Å²) in [6.07, 6.45) is 3.75. The van der Waals surface area contributed by atoms with E-state index in [4.69, 9.17) is 4.74 Å². The van der Waals surface area contributed by atoms with Crippen LogP contribution in [0.5, 0.6) is 0 Å². The highest BCUT2D eigenvalue weighted by Gasteiger charge is 2.45. The van der Waals surface area contributed by atoms with Crippen molar-refractivity contribution in [3.63, 3.8) is 0 Å². The van der Waals surface area contributed by atoms with Crippen molar-refractivity contribution < 1.29 is 9.53 Å². The quantitative estimate of drug-likeness (QED) is 0.757. The molecule has 0 saturated carbocycles. The van der Waals surface area contributed by atoms with Crippen LogP contribution in [-0.4, -0.2) is 74.7 Å². The first-order valence-corrected chi connectivity index (χ1v) is 9.44. The number of unbranched alkanes of at least 4 members (excludes halogenated alkanes) is 1. The first-order chi connectivity index (χ1) is 12.1. The van der Waals surface area contributed by atoms with Crippen LogP contribution < -0.4 is 5.32 Å². The molecule has 2 aliphatic rings. The molecule has 1 fully saturated rings. The number of nitrogens with zero attached hydrogens (tertiary/aromatic N) is 2. The van der Waals surface area contributed by atoms with Crippen molar-refractivity contribution in [2.75, 3.05) is 53.5 Å². The molecule has 0 atom stereocenters. The number of likely N-dealkylation sites (N-methyl/N-ethyl adjacent to an activating group) is 1. The van der Waals surface area contributed by atoms with Crippen molar-refractivity contribution in [1.29, 1.82) is 0 Å². The molecule has 1 aromatic rings. The van der Waals surface area contributed by atoms with Gasteiger partial charge in [0.2, 0.25) is 5.91 Å². The lowest BCUT2D eigenvalue weighted by Gasteiger charge is -2.34. The summed E-state index contributed by atoms with van der Waals surface area (Å²) in [6.45, 7) is 5.63. The van der Waals surface area contributed by atoms with Gasteiger partial charge in [-0.15, -0.1) is 0 Å². The van der Waals surface area contributed by atoms with E-state index in [9.17, 15) is 4.79 Å². The Hall–Kier alpha value is -1.43. The number of hydrogen-bond donors (Lipinski definition) is 1. The van der Waals surface area contributed by atoms with Gasteiger partial charge in [0, 0.05) is 32.5 Å². The van der Waals surface area contributed by atoms with Gasteiger partial charge in [0.1, 0.15) is 5.54 Å². The molecular formula is C20H31N3O2. The Labute approximate surface area is 151 Å². The number of nitrogens with one attached hydrogen (secondary N) is 1. The van der Waals surface area contributed by atoms with Crippen molar-refractivity contribution in [2.24, 2.45) is 0 Å². The van der Waals surface area contributed by atoms with Gasteiger partial charge < -0.3 is 10.1 Å². The summed E-state index contributed by atoms with van der Waals surface area (Å²) in [5.41, 5.74) is 2.17. The van der Waals surface area contributed by atoms with Crippen LogP contribution in [0, 0.1) is 0 Å². The van der Waals surface area contributed by atoms with Crippen LogP contribution in [0.1, 0.15) is 24.0 Å². The molecule has 0 spiro atoms. The average Bonchev–Trinajstić information content (AvgIpc) is 3.03. The van der Waals surface area contributed by atoms with Crippen molar-refractivity contribution in [3.8, 4) is 0 Å². The lowest BCUT2D eigenvalue weighted by Crippen LogP contribution is -2.57. The van der Waals surface area contributed by atoms with Crippen LogP contribution >= 0.6 is 0 Å². The molecule has 1 aliphatic carbocycles. The Morgan fingerprint density at radius 2 is 1.80 bits per heavy atom. The van der Waals surface area contributed by atoms with Gasteiger partial charge in [-0.25, -0.2) is 0 Å². The molecule has 5 heteroatoms. The second kappa shape index (κ2) is 8.30. The Bertz CT molecular complexity index is 557. The number of rotatable bonds is 7. The number of benzene rings is 1. The van der Waals surface area contributed by atoms with E-state index in [1.165, 1.54) is 11.1 Å². The molecule has 0 bridgehead atoms. The minimum atomic E-state index is -0.437. The molecule has 25 heavy (non-hydrogen) atoms. The zero-order valence-electron chi connectivity index (χ0n) is 15.6. The number of carbonyl (C=O) groups excluding carboxylic acids is 1. The van der Waals surface area contributed by atoms with E-state index in [1.807, 2.05) is 14.1 Å². The second-order valence-electron chi connectivity index (χ2n) is 7.47. The third kappa shape index (κ3) is 4.22. The van der Waals surface area contributed by atoms with Gasteiger partial charge in [0.05, 0.1) is 13.2 Å². The molecule has 1 heterocycles. The average molecular weight is 345 g/mol. The fourth-order valence-corrected chi connectivity index (χ4v) is 3.93. The third-order valence-corrected chi connectivity index (χ3v) is 5.65.